The van der Waals surface area contributed by atoms with Crippen molar-refractivity contribution in [3.63, 3.8) is 0 Å². The predicted octanol–water partition coefficient (Wildman–Crippen LogP) is 5.18. The van der Waals surface area contributed by atoms with Crippen LogP contribution in [0.2, 0.25) is 5.02 Å². The second kappa shape index (κ2) is 8.11. The first-order valence-electron chi connectivity index (χ1n) is 8.81. The van der Waals surface area contributed by atoms with Crippen molar-refractivity contribution < 1.29 is 9.53 Å². The number of hydrogen-bond donors (Lipinski definition) is 1. The highest BCUT2D eigenvalue weighted by atomic mass is 35.5. The van der Waals surface area contributed by atoms with E-state index in [2.05, 4.69) is 40.9 Å². The van der Waals surface area contributed by atoms with Crippen molar-refractivity contribution in [2.24, 2.45) is 5.10 Å². The first-order chi connectivity index (χ1) is 13.7. The molecule has 0 aromatic heterocycles. The van der Waals surface area contributed by atoms with Crippen LogP contribution in [0.1, 0.15) is 5.56 Å². The molecule has 4 aromatic rings. The molecule has 0 atom stereocenters. The molecular formula is C23H17ClN2O2. The highest BCUT2D eigenvalue weighted by Gasteiger charge is 2.06. The molecule has 0 spiro atoms. The Morgan fingerprint density at radius 2 is 1.54 bits per heavy atom. The van der Waals surface area contributed by atoms with Gasteiger partial charge in [-0.3, -0.25) is 4.79 Å². The lowest BCUT2D eigenvalue weighted by molar-refractivity contribution is -0.123. The number of carbonyl (C=O) groups is 1. The number of ether oxygens (including phenoxy) is 1. The largest absolute Gasteiger partial charge is 0.484 e. The number of halogens is 1. The highest BCUT2D eigenvalue weighted by Crippen LogP contribution is 2.27. The molecule has 0 aliphatic heterocycles. The van der Waals surface area contributed by atoms with Crippen LogP contribution in [0.25, 0.3) is 21.5 Å². The molecule has 0 unspecified atom stereocenters. The van der Waals surface area contributed by atoms with Crippen LogP contribution in [0.5, 0.6) is 5.75 Å². The van der Waals surface area contributed by atoms with E-state index in [1.807, 2.05) is 24.3 Å². The van der Waals surface area contributed by atoms with Gasteiger partial charge in [-0.2, -0.15) is 5.10 Å². The Morgan fingerprint density at radius 3 is 2.18 bits per heavy atom. The van der Waals surface area contributed by atoms with Gasteiger partial charge in [0, 0.05) is 10.6 Å². The van der Waals surface area contributed by atoms with Crippen LogP contribution >= 0.6 is 11.6 Å². The van der Waals surface area contributed by atoms with Crippen molar-refractivity contribution in [1.29, 1.82) is 0 Å². The Morgan fingerprint density at radius 1 is 0.929 bits per heavy atom. The van der Waals surface area contributed by atoms with E-state index < -0.39 is 0 Å². The van der Waals surface area contributed by atoms with E-state index in [1.54, 1.807) is 30.5 Å². The molecule has 1 amide bonds. The molecule has 1 N–H and O–H groups in total. The lowest BCUT2D eigenvalue weighted by Gasteiger charge is -2.08. The molecule has 4 rings (SSSR count). The van der Waals surface area contributed by atoms with Gasteiger partial charge in [-0.1, -0.05) is 60.1 Å². The second-order valence-electron chi connectivity index (χ2n) is 6.27. The molecule has 0 radical (unpaired) electrons. The number of hydrogen-bond acceptors (Lipinski definition) is 3. The average Bonchev–Trinajstić information content (AvgIpc) is 2.73. The van der Waals surface area contributed by atoms with Crippen molar-refractivity contribution in [1.82, 2.24) is 5.43 Å². The fourth-order valence-electron chi connectivity index (χ4n) is 3.07. The molecule has 0 aliphatic carbocycles. The van der Waals surface area contributed by atoms with Crippen molar-refractivity contribution in [3.8, 4) is 5.75 Å². The minimum atomic E-state index is -0.337. The van der Waals surface area contributed by atoms with Crippen LogP contribution in [0.4, 0.5) is 0 Å². The van der Waals surface area contributed by atoms with Crippen LogP contribution in [0, 0.1) is 0 Å². The maximum atomic E-state index is 12.0. The lowest BCUT2D eigenvalue weighted by atomic mass is 9.97. The van der Waals surface area contributed by atoms with Gasteiger partial charge in [0.2, 0.25) is 0 Å². The number of benzene rings is 4. The second-order valence-corrected chi connectivity index (χ2v) is 6.70. The summed E-state index contributed by atoms with van der Waals surface area (Å²) in [5.41, 5.74) is 3.49. The Labute approximate surface area is 167 Å². The summed E-state index contributed by atoms with van der Waals surface area (Å²) in [5.74, 6) is 0.235. The molecule has 0 saturated heterocycles. The molecule has 5 heteroatoms. The number of hydrazone groups is 1. The van der Waals surface area contributed by atoms with E-state index in [1.165, 1.54) is 0 Å². The predicted molar refractivity (Wildman–Crippen MR) is 114 cm³/mol. The van der Waals surface area contributed by atoms with Gasteiger partial charge in [0.15, 0.2) is 6.61 Å². The molecule has 0 fully saturated rings. The zero-order valence-corrected chi connectivity index (χ0v) is 15.7. The zero-order chi connectivity index (χ0) is 19.3. The topological polar surface area (TPSA) is 50.7 Å². The maximum Gasteiger partial charge on any atom is 0.277 e. The summed E-state index contributed by atoms with van der Waals surface area (Å²) in [6.45, 7) is -0.130. The Balaban J connectivity index is 1.51. The molecule has 0 saturated carbocycles. The van der Waals surface area contributed by atoms with Crippen LogP contribution < -0.4 is 10.2 Å². The Bertz CT molecular complexity index is 1120. The fraction of sp³-hybridized carbons (Fsp3) is 0.0435. The molecule has 4 nitrogen and oxygen atoms in total. The molecule has 0 bridgehead atoms. The number of carbonyl (C=O) groups excluding carboxylic acids is 1. The number of rotatable bonds is 5. The smallest absolute Gasteiger partial charge is 0.277 e. The molecule has 0 heterocycles. The zero-order valence-electron chi connectivity index (χ0n) is 14.9. The van der Waals surface area contributed by atoms with Gasteiger partial charge in [0.1, 0.15) is 5.75 Å². The van der Waals surface area contributed by atoms with E-state index >= 15 is 0 Å². The number of amides is 1. The third kappa shape index (κ3) is 3.97. The van der Waals surface area contributed by atoms with Crippen LogP contribution in [0.15, 0.2) is 84.0 Å². The minimum Gasteiger partial charge on any atom is -0.484 e. The lowest BCUT2D eigenvalue weighted by Crippen LogP contribution is -2.24. The molecule has 138 valence electrons. The van der Waals surface area contributed by atoms with Gasteiger partial charge < -0.3 is 4.74 Å². The van der Waals surface area contributed by atoms with Gasteiger partial charge in [-0.05, 0) is 51.9 Å². The molecular weight excluding hydrogens is 372 g/mol. The number of nitrogens with zero attached hydrogens (tertiary/aromatic N) is 1. The monoisotopic (exact) mass is 388 g/mol. The van der Waals surface area contributed by atoms with Crippen LogP contribution in [0.3, 0.4) is 0 Å². The summed E-state index contributed by atoms with van der Waals surface area (Å²) < 4.78 is 5.42. The van der Waals surface area contributed by atoms with Crippen molar-refractivity contribution in [2.75, 3.05) is 6.61 Å². The Kier molecular flexibility index (Phi) is 5.22. The van der Waals surface area contributed by atoms with Gasteiger partial charge in [-0.15, -0.1) is 0 Å². The summed E-state index contributed by atoms with van der Waals surface area (Å²) in [6, 6.07) is 25.2. The summed E-state index contributed by atoms with van der Waals surface area (Å²) in [5, 5.41) is 9.17. The number of nitrogens with one attached hydrogen (secondary N) is 1. The van der Waals surface area contributed by atoms with Gasteiger partial charge in [0.25, 0.3) is 5.91 Å². The van der Waals surface area contributed by atoms with E-state index in [9.17, 15) is 4.79 Å². The molecule has 28 heavy (non-hydrogen) atoms. The standard InChI is InChI=1S/C23H17ClN2O2/c24-18-9-11-19(12-10-18)28-15-23(27)26-25-14-22-20-7-3-1-5-16(20)13-17-6-2-4-8-21(17)22/h1-14H,15H2,(H,26,27)/b25-14+. The molecule has 0 aliphatic rings. The minimum absolute atomic E-state index is 0.130. The third-order valence-corrected chi connectivity index (χ3v) is 4.63. The fourth-order valence-corrected chi connectivity index (χ4v) is 3.19. The van der Waals surface area contributed by atoms with Crippen molar-refractivity contribution >= 4 is 45.3 Å². The summed E-state index contributed by atoms with van der Waals surface area (Å²) >= 11 is 5.83. The van der Waals surface area contributed by atoms with E-state index in [0.29, 0.717) is 10.8 Å². The first-order valence-corrected chi connectivity index (χ1v) is 9.19. The van der Waals surface area contributed by atoms with Gasteiger partial charge >= 0.3 is 0 Å². The van der Waals surface area contributed by atoms with Crippen molar-refractivity contribution in [3.05, 3.63) is 89.4 Å². The van der Waals surface area contributed by atoms with Crippen LogP contribution in [-0.4, -0.2) is 18.7 Å². The summed E-state index contributed by atoms with van der Waals surface area (Å²) in [6.07, 6.45) is 1.69. The van der Waals surface area contributed by atoms with Crippen molar-refractivity contribution in [2.45, 2.75) is 0 Å². The highest BCUT2D eigenvalue weighted by molar-refractivity contribution is 6.30. The van der Waals surface area contributed by atoms with Crippen LogP contribution in [-0.2, 0) is 4.79 Å². The number of fused-ring (bicyclic) bond motifs is 2. The Hall–Kier alpha value is -3.37. The van der Waals surface area contributed by atoms with E-state index in [-0.39, 0.29) is 12.5 Å². The van der Waals surface area contributed by atoms with E-state index in [4.69, 9.17) is 16.3 Å². The van der Waals surface area contributed by atoms with E-state index in [0.717, 1.165) is 27.1 Å². The quantitative estimate of drug-likeness (QED) is 0.291. The SMILES string of the molecule is O=C(COc1ccc(Cl)cc1)N/N=C/c1c2ccccc2cc2ccccc12. The first kappa shape index (κ1) is 18.0. The average molecular weight is 389 g/mol. The van der Waals surface area contributed by atoms with Gasteiger partial charge in [-0.25, -0.2) is 5.43 Å². The maximum absolute atomic E-state index is 12.0. The summed E-state index contributed by atoms with van der Waals surface area (Å²) in [7, 11) is 0. The normalized spacial score (nSPS) is 11.2. The third-order valence-electron chi connectivity index (χ3n) is 4.38. The van der Waals surface area contributed by atoms with Gasteiger partial charge in [0.05, 0.1) is 6.21 Å². The molecule has 4 aromatic carbocycles. The summed E-state index contributed by atoms with van der Waals surface area (Å²) in [4.78, 5) is 12.0.